The lowest BCUT2D eigenvalue weighted by Crippen LogP contribution is -2.38. The van der Waals surface area contributed by atoms with Crippen LogP contribution in [0.1, 0.15) is 82.2 Å². The van der Waals surface area contributed by atoms with Crippen molar-refractivity contribution in [1.29, 1.82) is 0 Å². The molecule has 2 aromatic carbocycles. The van der Waals surface area contributed by atoms with E-state index in [2.05, 4.69) is 85.9 Å². The van der Waals surface area contributed by atoms with Crippen molar-refractivity contribution in [3.05, 3.63) is 188 Å². The molecule has 26 heteroatoms. The Hall–Kier alpha value is -10.7. The van der Waals surface area contributed by atoms with Crippen LogP contribution in [-0.2, 0) is 50.9 Å². The van der Waals surface area contributed by atoms with E-state index in [-0.39, 0.29) is 47.3 Å². The van der Waals surface area contributed by atoms with Crippen LogP contribution >= 0.6 is 15.9 Å². The zero-order valence-corrected chi connectivity index (χ0v) is 52.3. The summed E-state index contributed by atoms with van der Waals surface area (Å²) < 4.78 is 33.5. The lowest BCUT2D eigenvalue weighted by Gasteiger charge is -2.18. The zero-order valence-electron chi connectivity index (χ0n) is 50.7. The van der Waals surface area contributed by atoms with Gasteiger partial charge in [-0.15, -0.1) is 0 Å². The number of imidazole rings is 2. The highest BCUT2D eigenvalue weighted by Crippen LogP contribution is 2.59. The van der Waals surface area contributed by atoms with Gasteiger partial charge in [0.15, 0.2) is 33.2 Å². The number of fused-ring (bicyclic) bond motifs is 11. The van der Waals surface area contributed by atoms with Gasteiger partial charge in [-0.3, -0.25) is 32.7 Å². The van der Waals surface area contributed by atoms with Crippen LogP contribution in [0, 0.1) is 17.8 Å². The van der Waals surface area contributed by atoms with Gasteiger partial charge in [0.1, 0.15) is 52.3 Å². The monoisotopic (exact) mass is 1310 g/mol. The number of hydrogen-bond acceptors (Lipinski definition) is 21. The number of anilines is 3. The van der Waals surface area contributed by atoms with Crippen molar-refractivity contribution < 1.29 is 32.0 Å². The first-order chi connectivity index (χ1) is 45.2. The summed E-state index contributed by atoms with van der Waals surface area (Å²) in [5.41, 5.74) is 29.1. The van der Waals surface area contributed by atoms with E-state index < -0.39 is 0 Å². The molecule has 470 valence electrons. The van der Waals surface area contributed by atoms with Gasteiger partial charge in [0.2, 0.25) is 29.7 Å². The number of ether oxygens (including phenoxy) is 1. The summed E-state index contributed by atoms with van der Waals surface area (Å²) in [6, 6.07) is 30.9. The first kappa shape index (κ1) is 59.9. The largest absolute Gasteiger partial charge is 0.469 e. The lowest BCUT2D eigenvalue weighted by molar-refractivity contribution is 0.0897. The molecule has 5 atom stereocenters. The van der Waals surface area contributed by atoms with E-state index >= 15 is 0 Å². The number of nitrogen functional groups attached to an aromatic ring is 3. The van der Waals surface area contributed by atoms with E-state index in [1.807, 2.05) is 48.5 Å². The first-order valence-electron chi connectivity index (χ1n) is 30.4. The third-order valence-corrected chi connectivity index (χ3v) is 18.0. The highest BCUT2D eigenvalue weighted by Gasteiger charge is 2.64. The standard InChI is InChI=1S/C18H16BrN3O.C18H15N5O2.C16H13N5O3.C15H17N3O3/c1-2-3-10-4-5-11-9-13-16(12(11)8-10)21-18(20)22-17(13)14-6-7-15(19)23-14;19-18-21-15(13-7-4-10-25-13)16-17(22-18)23(11-20-16)14(24)9-8-12-5-2-1-3-6-12;17-16-19-13(11-4-2-8-24-11)14-15(20-16)21(9-18-14)12(22)6-5-10-3-1-7-23-10;1-17-13-9(14(19)18(2)15(17)20)5-10(16-13)7-3-6-4-8(7)12-11(6)21-12/h4-8H,2-3,9H2,1H3,(H2,20,21,22);1-7,10-11H,8-9H2,(H2,19,21,22);1-4,7-9H,5-6H2,(H2,17,19,20);6-8,11-12H,3-5H2,1-2H3. The number of aryl methyl sites for hydroxylation is 3. The number of benzene rings is 2. The van der Waals surface area contributed by atoms with Crippen LogP contribution in [0.15, 0.2) is 165 Å². The van der Waals surface area contributed by atoms with Gasteiger partial charge in [0, 0.05) is 69.0 Å². The summed E-state index contributed by atoms with van der Waals surface area (Å²) in [6.07, 6.45) is 16.2. The molecule has 2 bridgehead atoms. The van der Waals surface area contributed by atoms with Crippen LogP contribution in [-0.4, -0.2) is 87.9 Å². The Balaban J connectivity index is 0.000000108. The molecule has 5 aliphatic rings. The molecule has 10 aromatic heterocycles. The minimum Gasteiger partial charge on any atom is -0.469 e. The number of aromatic nitrogens is 12. The molecule has 3 aliphatic carbocycles. The molecular weight excluding hydrogens is 1250 g/mol. The molecule has 0 spiro atoms. The summed E-state index contributed by atoms with van der Waals surface area (Å²) in [6.45, 7) is 2.19. The van der Waals surface area contributed by atoms with Gasteiger partial charge in [-0.05, 0) is 125 Å². The fraction of sp³-hybridized carbons (Fsp3) is 0.269. The molecule has 0 amide bonds. The van der Waals surface area contributed by atoms with E-state index in [4.69, 9.17) is 39.6 Å². The van der Waals surface area contributed by atoms with E-state index in [1.165, 1.54) is 67.3 Å². The van der Waals surface area contributed by atoms with Gasteiger partial charge in [-0.2, -0.15) is 9.97 Å². The average Bonchev–Trinajstić information content (AvgIpc) is 1.55. The summed E-state index contributed by atoms with van der Waals surface area (Å²) in [7, 11) is 3.22. The Bertz CT molecular complexity index is 4970. The van der Waals surface area contributed by atoms with Gasteiger partial charge in [0.25, 0.3) is 5.56 Å². The quantitative estimate of drug-likeness (QED) is 0.0957. The van der Waals surface area contributed by atoms with Crippen LogP contribution in [0.5, 0.6) is 0 Å². The zero-order chi connectivity index (χ0) is 64.2. The van der Waals surface area contributed by atoms with Crippen molar-refractivity contribution in [1.82, 2.24) is 58.1 Å². The van der Waals surface area contributed by atoms with Crippen LogP contribution < -0.4 is 28.5 Å². The molecular formula is C67H61BrN16O9. The highest BCUT2D eigenvalue weighted by atomic mass is 79.9. The smallest absolute Gasteiger partial charge is 0.332 e. The molecule has 1 saturated heterocycles. The second-order valence-corrected chi connectivity index (χ2v) is 24.2. The highest BCUT2D eigenvalue weighted by molar-refractivity contribution is 9.10. The second-order valence-electron chi connectivity index (χ2n) is 23.4. The van der Waals surface area contributed by atoms with Gasteiger partial charge in [-0.25, -0.2) is 39.7 Å². The number of nitrogens with zero attached hydrogens (tertiary/aromatic N) is 13. The van der Waals surface area contributed by atoms with E-state index in [1.54, 1.807) is 49.9 Å². The number of aliphatic imine (C=N–C) groups is 1. The number of rotatable bonds is 12. The SMILES string of the molecule is CCCc1ccc2c(c1)-c1nc(N)nc(-c3ccc(Br)o3)c1C2.Cn1c2c(c(=O)n(C)c1=O)CC(C1CC3CC1C1OC31)=N2.Nc1nc(-c2ccco2)c2ncn(C(=O)CCc3ccccc3)c2n1.Nc1nc(-c2ccco2)c2ncn(C(=O)CCc3ccco3)c2n1. The molecule has 12 heterocycles. The van der Waals surface area contributed by atoms with Crippen molar-refractivity contribution in [2.75, 3.05) is 17.2 Å². The van der Waals surface area contributed by atoms with Crippen molar-refractivity contribution in [3.63, 3.8) is 0 Å². The minimum absolute atomic E-state index is 0.0504. The minimum atomic E-state index is -0.303. The molecule has 25 nitrogen and oxygen atoms in total. The summed E-state index contributed by atoms with van der Waals surface area (Å²) in [5.74, 6) is 4.90. The molecule has 5 unspecified atom stereocenters. The number of furan rings is 4. The van der Waals surface area contributed by atoms with Crippen LogP contribution in [0.25, 0.3) is 67.9 Å². The Labute approximate surface area is 537 Å². The summed E-state index contributed by atoms with van der Waals surface area (Å²) in [5, 5.41) is 0. The van der Waals surface area contributed by atoms with E-state index in [0.717, 1.165) is 59.7 Å². The predicted molar refractivity (Wildman–Crippen MR) is 348 cm³/mol. The third kappa shape index (κ3) is 11.7. The van der Waals surface area contributed by atoms with Crippen LogP contribution in [0.4, 0.5) is 23.7 Å². The van der Waals surface area contributed by atoms with Crippen LogP contribution in [0.2, 0.25) is 0 Å². The molecule has 93 heavy (non-hydrogen) atoms. The normalized spacial score (nSPS) is 17.5. The first-order valence-corrected chi connectivity index (χ1v) is 31.2. The van der Waals surface area contributed by atoms with Gasteiger partial charge < -0.3 is 39.6 Å². The number of carbonyl (C=O) groups excluding carboxylic acids is 2. The molecule has 2 aliphatic heterocycles. The van der Waals surface area contributed by atoms with Gasteiger partial charge >= 0.3 is 5.69 Å². The predicted octanol–water partition coefficient (Wildman–Crippen LogP) is 10.2. The number of carbonyl (C=O) groups is 2. The molecule has 17 rings (SSSR count). The fourth-order valence-corrected chi connectivity index (χ4v) is 13.4. The lowest BCUT2D eigenvalue weighted by atomic mass is 9.84. The van der Waals surface area contributed by atoms with Crippen molar-refractivity contribution >= 4 is 79.4 Å². The van der Waals surface area contributed by atoms with Crippen molar-refractivity contribution in [2.24, 2.45) is 36.8 Å². The summed E-state index contributed by atoms with van der Waals surface area (Å²) in [4.78, 5) is 88.2. The molecule has 3 fully saturated rings. The second kappa shape index (κ2) is 24.8. The number of halogens is 1. The summed E-state index contributed by atoms with van der Waals surface area (Å²) >= 11 is 3.34. The van der Waals surface area contributed by atoms with E-state index in [0.29, 0.717) is 123 Å². The topological polar surface area (TPSA) is 347 Å². The van der Waals surface area contributed by atoms with E-state index in [9.17, 15) is 19.2 Å². The average molecular weight is 1310 g/mol. The Morgan fingerprint density at radius 1 is 0.613 bits per heavy atom. The number of epoxide rings is 1. The Morgan fingerprint density at radius 3 is 1.85 bits per heavy atom. The molecule has 2 saturated carbocycles. The maximum absolute atomic E-state index is 12.6. The Kier molecular flexibility index (Phi) is 16.0. The van der Waals surface area contributed by atoms with Gasteiger partial charge in [0.05, 0.1) is 42.3 Å². The maximum Gasteiger partial charge on any atom is 0.332 e. The molecule has 0 radical (unpaired) electrons. The van der Waals surface area contributed by atoms with Crippen molar-refractivity contribution in [2.45, 2.75) is 83.3 Å². The maximum atomic E-state index is 12.6. The third-order valence-electron chi connectivity index (χ3n) is 17.5. The van der Waals surface area contributed by atoms with Gasteiger partial charge in [-0.1, -0.05) is 55.8 Å². The van der Waals surface area contributed by atoms with Crippen LogP contribution in [0.3, 0.4) is 0 Å². The number of nitrogens with two attached hydrogens (primary N) is 3. The Morgan fingerprint density at radius 2 is 1.25 bits per heavy atom. The fourth-order valence-electron chi connectivity index (χ4n) is 13.1. The molecule has 12 aromatic rings. The number of hydrogen-bond donors (Lipinski definition) is 3. The molecule has 6 N–H and O–H groups in total. The van der Waals surface area contributed by atoms with Crippen molar-refractivity contribution in [3.8, 4) is 45.6 Å².